The maximum Gasteiger partial charge on any atom is 0.0235 e. The predicted octanol–water partition coefficient (Wildman–Crippen LogP) is 1.78. The van der Waals surface area contributed by atoms with Gasteiger partial charge in [0.05, 0.1) is 0 Å². The zero-order chi connectivity index (χ0) is 12.8. The number of nitrogens with zero attached hydrogens (tertiary/aromatic N) is 2. The van der Waals surface area contributed by atoms with E-state index in [0.717, 1.165) is 18.5 Å². The van der Waals surface area contributed by atoms with Gasteiger partial charge >= 0.3 is 0 Å². The first-order chi connectivity index (χ1) is 8.12. The van der Waals surface area contributed by atoms with Crippen molar-refractivity contribution in [1.82, 2.24) is 9.80 Å². The average molecular weight is 241 g/mol. The minimum Gasteiger partial charge on any atom is -0.329 e. The van der Waals surface area contributed by atoms with Crippen LogP contribution in [0.2, 0.25) is 0 Å². The van der Waals surface area contributed by atoms with E-state index in [-0.39, 0.29) is 0 Å². The fraction of sp³-hybridized carbons (Fsp3) is 1.00. The SMILES string of the molecule is CCN(CC)C1CCN(C(CN)CC(C)C)C1. The van der Waals surface area contributed by atoms with Gasteiger partial charge in [-0.3, -0.25) is 9.80 Å². The van der Waals surface area contributed by atoms with Gasteiger partial charge in [-0.05, 0) is 31.8 Å². The summed E-state index contributed by atoms with van der Waals surface area (Å²) < 4.78 is 0. The smallest absolute Gasteiger partial charge is 0.0235 e. The number of likely N-dealkylation sites (N-methyl/N-ethyl adjacent to an activating group) is 1. The van der Waals surface area contributed by atoms with E-state index in [9.17, 15) is 0 Å². The Kier molecular flexibility index (Phi) is 6.45. The standard InChI is InChI=1S/C14H31N3/c1-5-16(6-2)13-7-8-17(11-13)14(10-15)9-12(3)4/h12-14H,5-11,15H2,1-4H3. The molecule has 0 spiro atoms. The molecule has 1 aliphatic heterocycles. The molecule has 3 nitrogen and oxygen atoms in total. The maximum absolute atomic E-state index is 5.93. The van der Waals surface area contributed by atoms with Crippen molar-refractivity contribution in [3.8, 4) is 0 Å². The fourth-order valence-electron chi connectivity index (χ4n) is 3.08. The molecular weight excluding hydrogens is 210 g/mol. The van der Waals surface area contributed by atoms with Crippen molar-refractivity contribution in [2.45, 2.75) is 52.6 Å². The summed E-state index contributed by atoms with van der Waals surface area (Å²) in [6.07, 6.45) is 2.55. The van der Waals surface area contributed by atoms with Crippen molar-refractivity contribution >= 4 is 0 Å². The van der Waals surface area contributed by atoms with E-state index in [4.69, 9.17) is 5.73 Å². The Balaban J connectivity index is 2.47. The number of hydrogen-bond acceptors (Lipinski definition) is 3. The van der Waals surface area contributed by atoms with Gasteiger partial charge in [0.25, 0.3) is 0 Å². The Morgan fingerprint density at radius 2 is 1.94 bits per heavy atom. The molecule has 0 saturated carbocycles. The Morgan fingerprint density at radius 1 is 1.29 bits per heavy atom. The molecule has 0 aromatic carbocycles. The Hall–Kier alpha value is -0.120. The van der Waals surface area contributed by atoms with Gasteiger partial charge in [-0.15, -0.1) is 0 Å². The van der Waals surface area contributed by atoms with E-state index >= 15 is 0 Å². The lowest BCUT2D eigenvalue weighted by molar-refractivity contribution is 0.177. The Bertz CT molecular complexity index is 202. The van der Waals surface area contributed by atoms with E-state index in [1.165, 1.54) is 39.0 Å². The molecule has 2 unspecified atom stereocenters. The summed E-state index contributed by atoms with van der Waals surface area (Å²) in [6, 6.07) is 1.35. The fourth-order valence-corrected chi connectivity index (χ4v) is 3.08. The van der Waals surface area contributed by atoms with Gasteiger partial charge in [0, 0.05) is 31.7 Å². The summed E-state index contributed by atoms with van der Waals surface area (Å²) in [4.78, 5) is 5.20. The molecule has 1 saturated heterocycles. The molecule has 102 valence electrons. The first-order valence-electron chi connectivity index (χ1n) is 7.30. The van der Waals surface area contributed by atoms with E-state index in [0.29, 0.717) is 6.04 Å². The zero-order valence-corrected chi connectivity index (χ0v) is 12.2. The second-order valence-electron chi connectivity index (χ2n) is 5.68. The van der Waals surface area contributed by atoms with Gasteiger partial charge in [-0.1, -0.05) is 27.7 Å². The summed E-state index contributed by atoms with van der Waals surface area (Å²) in [7, 11) is 0. The highest BCUT2D eigenvalue weighted by Gasteiger charge is 2.30. The molecule has 2 N–H and O–H groups in total. The molecule has 1 fully saturated rings. The first kappa shape index (κ1) is 14.9. The summed E-state index contributed by atoms with van der Waals surface area (Å²) in [5.74, 6) is 0.746. The van der Waals surface area contributed by atoms with E-state index in [2.05, 4.69) is 37.5 Å². The van der Waals surface area contributed by atoms with Crippen molar-refractivity contribution in [3.63, 3.8) is 0 Å². The molecular formula is C14H31N3. The highest BCUT2D eigenvalue weighted by atomic mass is 15.3. The van der Waals surface area contributed by atoms with Crippen LogP contribution in [-0.4, -0.2) is 54.6 Å². The van der Waals surface area contributed by atoms with Crippen molar-refractivity contribution in [1.29, 1.82) is 0 Å². The van der Waals surface area contributed by atoms with E-state index in [1.54, 1.807) is 0 Å². The maximum atomic E-state index is 5.93. The van der Waals surface area contributed by atoms with Crippen molar-refractivity contribution in [2.75, 3.05) is 32.7 Å². The highest BCUT2D eigenvalue weighted by Crippen LogP contribution is 2.20. The van der Waals surface area contributed by atoms with E-state index in [1.807, 2.05) is 0 Å². The first-order valence-corrected chi connectivity index (χ1v) is 7.30. The number of likely N-dealkylation sites (tertiary alicyclic amines) is 1. The quantitative estimate of drug-likeness (QED) is 0.737. The molecule has 1 aliphatic rings. The number of hydrogen-bond donors (Lipinski definition) is 1. The van der Waals surface area contributed by atoms with Crippen LogP contribution >= 0.6 is 0 Å². The lowest BCUT2D eigenvalue weighted by Gasteiger charge is -2.30. The van der Waals surface area contributed by atoms with Gasteiger partial charge in [-0.25, -0.2) is 0 Å². The van der Waals surface area contributed by atoms with Crippen LogP contribution in [0, 0.1) is 5.92 Å². The van der Waals surface area contributed by atoms with Crippen molar-refractivity contribution < 1.29 is 0 Å². The molecule has 1 rings (SSSR count). The Labute approximate surface area is 107 Å². The van der Waals surface area contributed by atoms with Gasteiger partial charge in [0.15, 0.2) is 0 Å². The molecule has 0 radical (unpaired) electrons. The largest absolute Gasteiger partial charge is 0.329 e. The number of nitrogens with two attached hydrogens (primary N) is 1. The summed E-state index contributed by atoms with van der Waals surface area (Å²) >= 11 is 0. The molecule has 2 atom stereocenters. The van der Waals surface area contributed by atoms with Crippen LogP contribution in [0.25, 0.3) is 0 Å². The molecule has 0 aromatic rings. The number of rotatable bonds is 7. The van der Waals surface area contributed by atoms with Crippen LogP contribution in [0.15, 0.2) is 0 Å². The lowest BCUT2D eigenvalue weighted by Crippen LogP contribution is -2.43. The highest BCUT2D eigenvalue weighted by molar-refractivity contribution is 4.87. The second-order valence-corrected chi connectivity index (χ2v) is 5.68. The summed E-state index contributed by atoms with van der Waals surface area (Å²) in [5, 5.41) is 0. The molecule has 0 amide bonds. The van der Waals surface area contributed by atoms with Crippen molar-refractivity contribution in [2.24, 2.45) is 11.7 Å². The van der Waals surface area contributed by atoms with Crippen LogP contribution in [0.4, 0.5) is 0 Å². The van der Waals surface area contributed by atoms with Crippen LogP contribution in [0.3, 0.4) is 0 Å². The van der Waals surface area contributed by atoms with E-state index < -0.39 is 0 Å². The molecule has 0 aliphatic carbocycles. The molecule has 3 heteroatoms. The van der Waals surface area contributed by atoms with Gasteiger partial charge in [-0.2, -0.15) is 0 Å². The zero-order valence-electron chi connectivity index (χ0n) is 12.2. The molecule has 0 aromatic heterocycles. The normalized spacial score (nSPS) is 23.8. The van der Waals surface area contributed by atoms with Crippen molar-refractivity contribution in [3.05, 3.63) is 0 Å². The Morgan fingerprint density at radius 3 is 2.41 bits per heavy atom. The van der Waals surface area contributed by atoms with Crippen LogP contribution < -0.4 is 5.73 Å². The van der Waals surface area contributed by atoms with Gasteiger partial charge in [0.1, 0.15) is 0 Å². The third-order valence-corrected chi connectivity index (χ3v) is 4.06. The lowest BCUT2D eigenvalue weighted by atomic mass is 10.0. The third kappa shape index (κ3) is 4.23. The summed E-state index contributed by atoms with van der Waals surface area (Å²) in [5.41, 5.74) is 5.93. The van der Waals surface area contributed by atoms with Gasteiger partial charge < -0.3 is 5.73 Å². The second kappa shape index (κ2) is 7.34. The van der Waals surface area contributed by atoms with Crippen LogP contribution in [-0.2, 0) is 0 Å². The summed E-state index contributed by atoms with van der Waals surface area (Å²) in [6.45, 7) is 14.7. The monoisotopic (exact) mass is 241 g/mol. The minimum absolute atomic E-state index is 0.593. The molecule has 17 heavy (non-hydrogen) atoms. The van der Waals surface area contributed by atoms with Crippen LogP contribution in [0.5, 0.6) is 0 Å². The van der Waals surface area contributed by atoms with Crippen LogP contribution in [0.1, 0.15) is 40.5 Å². The topological polar surface area (TPSA) is 32.5 Å². The minimum atomic E-state index is 0.593. The third-order valence-electron chi connectivity index (χ3n) is 4.06. The molecule has 1 heterocycles. The van der Waals surface area contributed by atoms with Gasteiger partial charge in [0.2, 0.25) is 0 Å². The predicted molar refractivity (Wildman–Crippen MR) is 75.2 cm³/mol. The average Bonchev–Trinajstić information content (AvgIpc) is 2.76. The molecule has 0 bridgehead atoms.